The number of carbonyl (C=O) groups excluding carboxylic acids is 2. The van der Waals surface area contributed by atoms with Crippen molar-refractivity contribution in [2.45, 2.75) is 57.9 Å². The minimum atomic E-state index is -1.30. The van der Waals surface area contributed by atoms with Gasteiger partial charge in [0.05, 0.1) is 6.54 Å². The number of hydrogen-bond acceptors (Lipinski definition) is 7. The van der Waals surface area contributed by atoms with Crippen LogP contribution in [-0.2, 0) is 14.3 Å². The molecule has 0 radical (unpaired) electrons. The standard InChI is InChI=1S/C24H27BrN3O5/c1-15(29)32-24(10-7-11-27(14-24)22(30)33-23(2,3)4)21-26-13-18-16-8-5-6-9-17(16)19(25)12-20(18)28(21)31/h5-6,8-9,12-13,21H,7,10-11,14H2,1-4H3/q-1/t21?,24-/m1/s1. The topological polar surface area (TPSA) is 94.5 Å². The lowest BCUT2D eigenvalue weighted by Gasteiger charge is -2.52. The minimum Gasteiger partial charge on any atom is -0.757 e. The summed E-state index contributed by atoms with van der Waals surface area (Å²) < 4.78 is 12.1. The maximum Gasteiger partial charge on any atom is 0.410 e. The number of benzene rings is 2. The molecule has 0 aliphatic carbocycles. The molecular formula is C24H27BrN3O5-. The molecule has 0 N–H and O–H groups in total. The van der Waals surface area contributed by atoms with Gasteiger partial charge in [0.2, 0.25) is 0 Å². The molecule has 2 aromatic carbocycles. The summed E-state index contributed by atoms with van der Waals surface area (Å²) >= 11 is 3.56. The first-order valence-electron chi connectivity index (χ1n) is 10.9. The lowest BCUT2D eigenvalue weighted by atomic mass is 9.87. The average Bonchev–Trinajstić information content (AvgIpc) is 2.73. The van der Waals surface area contributed by atoms with E-state index in [2.05, 4.69) is 20.9 Å². The van der Waals surface area contributed by atoms with Crippen LogP contribution >= 0.6 is 15.9 Å². The van der Waals surface area contributed by atoms with Gasteiger partial charge < -0.3 is 24.6 Å². The molecule has 176 valence electrons. The molecule has 2 aliphatic rings. The lowest BCUT2D eigenvalue weighted by Crippen LogP contribution is -2.62. The number of hydroxylamine groups is 1. The number of fused-ring (bicyclic) bond motifs is 3. The van der Waals surface area contributed by atoms with E-state index < -0.39 is 29.4 Å². The number of carbonyl (C=O) groups is 2. The summed E-state index contributed by atoms with van der Waals surface area (Å²) in [5.74, 6) is -0.532. The van der Waals surface area contributed by atoms with Crippen molar-refractivity contribution >= 4 is 50.7 Å². The van der Waals surface area contributed by atoms with E-state index in [0.29, 0.717) is 30.6 Å². The Labute approximate surface area is 201 Å². The SMILES string of the molecule is CC(=O)O[C@]1(C2N=Cc3c(cc(Br)c4ccccc34)N2[O-])CCCN(C(=O)OC(C)(C)C)C1. The van der Waals surface area contributed by atoms with E-state index in [1.54, 1.807) is 33.1 Å². The number of anilines is 1. The number of piperidine rings is 1. The predicted molar refractivity (Wildman–Crippen MR) is 130 cm³/mol. The van der Waals surface area contributed by atoms with Crippen LogP contribution in [0.25, 0.3) is 10.8 Å². The molecule has 0 bridgehead atoms. The predicted octanol–water partition coefficient (Wildman–Crippen LogP) is 5.00. The van der Waals surface area contributed by atoms with Crippen LogP contribution in [0.5, 0.6) is 0 Å². The van der Waals surface area contributed by atoms with E-state index in [0.717, 1.165) is 20.3 Å². The van der Waals surface area contributed by atoms with Gasteiger partial charge in [-0.3, -0.25) is 9.79 Å². The van der Waals surface area contributed by atoms with Gasteiger partial charge in [-0.05, 0) is 50.5 Å². The van der Waals surface area contributed by atoms with Gasteiger partial charge in [-0.15, -0.1) is 0 Å². The fourth-order valence-corrected chi connectivity index (χ4v) is 5.07. The van der Waals surface area contributed by atoms with Gasteiger partial charge in [-0.2, -0.15) is 0 Å². The second kappa shape index (κ2) is 8.61. The summed E-state index contributed by atoms with van der Waals surface area (Å²) in [6, 6.07) is 9.50. The van der Waals surface area contributed by atoms with E-state index in [-0.39, 0.29) is 6.54 Å². The van der Waals surface area contributed by atoms with Crippen molar-refractivity contribution in [3.63, 3.8) is 0 Å². The Morgan fingerprint density at radius 3 is 2.61 bits per heavy atom. The number of nitrogens with zero attached hydrogens (tertiary/aromatic N) is 3. The molecule has 1 saturated heterocycles. The number of halogens is 1. The summed E-state index contributed by atoms with van der Waals surface area (Å²) in [5.41, 5.74) is -0.827. The van der Waals surface area contributed by atoms with Crippen molar-refractivity contribution in [1.82, 2.24) is 4.90 Å². The van der Waals surface area contributed by atoms with Crippen molar-refractivity contribution in [2.24, 2.45) is 4.99 Å². The molecule has 4 rings (SSSR count). The van der Waals surface area contributed by atoms with Crippen LogP contribution in [0.2, 0.25) is 0 Å². The van der Waals surface area contributed by atoms with E-state index in [1.165, 1.54) is 11.8 Å². The van der Waals surface area contributed by atoms with Gasteiger partial charge in [0.15, 0.2) is 11.8 Å². The summed E-state index contributed by atoms with van der Waals surface area (Å²) in [5, 5.41) is 16.3. The molecule has 1 fully saturated rings. The molecule has 0 aromatic heterocycles. The highest BCUT2D eigenvalue weighted by Gasteiger charge is 2.49. The molecule has 0 spiro atoms. The molecule has 2 heterocycles. The molecule has 2 aromatic rings. The quantitative estimate of drug-likeness (QED) is 0.521. The largest absolute Gasteiger partial charge is 0.757 e. The van der Waals surface area contributed by atoms with Crippen LogP contribution in [0, 0.1) is 5.21 Å². The summed E-state index contributed by atoms with van der Waals surface area (Å²) in [4.78, 5) is 30.9. The average molecular weight is 517 g/mol. The Kier molecular flexibility index (Phi) is 6.13. The minimum absolute atomic E-state index is 0.0202. The number of amides is 1. The highest BCUT2D eigenvalue weighted by Crippen LogP contribution is 2.41. The maximum atomic E-state index is 13.7. The second-order valence-corrected chi connectivity index (χ2v) is 10.3. The number of hydrogen-bond donors (Lipinski definition) is 0. The molecule has 2 aliphatic heterocycles. The number of ether oxygens (including phenoxy) is 2. The maximum absolute atomic E-state index is 13.7. The van der Waals surface area contributed by atoms with Crippen LogP contribution in [0.1, 0.15) is 46.1 Å². The van der Waals surface area contributed by atoms with E-state index in [4.69, 9.17) is 9.47 Å². The lowest BCUT2D eigenvalue weighted by molar-refractivity contribution is -0.165. The molecule has 2 atom stereocenters. The molecule has 8 nitrogen and oxygen atoms in total. The highest BCUT2D eigenvalue weighted by atomic mass is 79.9. The third-order valence-electron chi connectivity index (χ3n) is 5.77. The molecular weight excluding hydrogens is 490 g/mol. The first-order chi connectivity index (χ1) is 15.5. The van der Waals surface area contributed by atoms with Crippen molar-refractivity contribution in [3.8, 4) is 0 Å². The van der Waals surface area contributed by atoms with Crippen molar-refractivity contribution in [3.05, 3.63) is 45.6 Å². The van der Waals surface area contributed by atoms with Crippen LogP contribution in [-0.4, -0.2) is 53.6 Å². The fraction of sp³-hybridized carbons (Fsp3) is 0.458. The van der Waals surface area contributed by atoms with E-state index >= 15 is 0 Å². The summed E-state index contributed by atoms with van der Waals surface area (Å²) in [6.45, 7) is 7.13. The molecule has 0 saturated carbocycles. The fourth-order valence-electron chi connectivity index (χ4n) is 4.51. The van der Waals surface area contributed by atoms with E-state index in [1.807, 2.05) is 24.3 Å². The van der Waals surface area contributed by atoms with Gasteiger partial charge in [0, 0.05) is 35.4 Å². The molecule has 1 unspecified atom stereocenters. The van der Waals surface area contributed by atoms with Crippen LogP contribution in [0.15, 0.2) is 39.8 Å². The molecule has 1 amide bonds. The third-order valence-corrected chi connectivity index (χ3v) is 6.43. The smallest absolute Gasteiger partial charge is 0.410 e. The molecule has 9 heteroatoms. The number of likely N-dealkylation sites (tertiary alicyclic amines) is 1. The zero-order valence-electron chi connectivity index (χ0n) is 19.1. The Morgan fingerprint density at radius 2 is 1.94 bits per heavy atom. The number of esters is 1. The molecule has 33 heavy (non-hydrogen) atoms. The number of aliphatic imine (C=N–C) groups is 1. The van der Waals surface area contributed by atoms with Gasteiger partial charge in [0.1, 0.15) is 5.60 Å². The summed E-state index contributed by atoms with van der Waals surface area (Å²) in [7, 11) is 0. The first-order valence-corrected chi connectivity index (χ1v) is 11.7. The Morgan fingerprint density at radius 1 is 1.24 bits per heavy atom. The zero-order valence-corrected chi connectivity index (χ0v) is 20.7. The normalized spacial score (nSPS) is 22.8. The van der Waals surface area contributed by atoms with Gasteiger partial charge in [-0.1, -0.05) is 40.2 Å². The summed E-state index contributed by atoms with van der Waals surface area (Å²) in [6.07, 6.45) is 1.07. The van der Waals surface area contributed by atoms with Gasteiger partial charge in [-0.25, -0.2) is 4.79 Å². The Hall–Kier alpha value is -2.65. The van der Waals surface area contributed by atoms with Crippen LogP contribution in [0.4, 0.5) is 10.5 Å². The van der Waals surface area contributed by atoms with Gasteiger partial charge >= 0.3 is 12.1 Å². The highest BCUT2D eigenvalue weighted by molar-refractivity contribution is 9.10. The van der Waals surface area contributed by atoms with Crippen molar-refractivity contribution in [1.29, 1.82) is 0 Å². The Bertz CT molecular complexity index is 1130. The van der Waals surface area contributed by atoms with Crippen LogP contribution in [0.3, 0.4) is 0 Å². The number of rotatable bonds is 2. The van der Waals surface area contributed by atoms with Crippen molar-refractivity contribution in [2.75, 3.05) is 18.2 Å². The Balaban J connectivity index is 1.73. The van der Waals surface area contributed by atoms with Gasteiger partial charge in [0.25, 0.3) is 0 Å². The van der Waals surface area contributed by atoms with E-state index in [9.17, 15) is 14.8 Å². The zero-order chi connectivity index (χ0) is 24.0. The monoisotopic (exact) mass is 516 g/mol. The first kappa shape index (κ1) is 23.5. The second-order valence-electron chi connectivity index (χ2n) is 9.48. The third kappa shape index (κ3) is 4.56. The van der Waals surface area contributed by atoms with Crippen molar-refractivity contribution < 1.29 is 19.1 Å². The van der Waals surface area contributed by atoms with Crippen LogP contribution < -0.4 is 5.06 Å².